The van der Waals surface area contributed by atoms with Gasteiger partial charge in [0.25, 0.3) is 11.3 Å². The Balaban J connectivity index is 1.97. The van der Waals surface area contributed by atoms with Crippen LogP contribution in [0.5, 0.6) is 0 Å². The molecule has 0 unspecified atom stereocenters. The Bertz CT molecular complexity index is 659. The molecule has 7 heteroatoms. The molecule has 0 spiro atoms. The standard InChI is InChI=1S/C13H17N3O4/c1-3-19-10(17)6-4-5-7-16-8-14-12-11(13(16)18)9(2)15-20-12/h8H,3-7H2,1-2H3. The van der Waals surface area contributed by atoms with Crippen molar-refractivity contribution >= 4 is 17.1 Å². The van der Waals surface area contributed by atoms with E-state index in [0.717, 1.165) is 0 Å². The van der Waals surface area contributed by atoms with E-state index in [1.54, 1.807) is 13.8 Å². The summed E-state index contributed by atoms with van der Waals surface area (Å²) in [5, 5.41) is 4.14. The Labute approximate surface area is 115 Å². The average molecular weight is 279 g/mol. The van der Waals surface area contributed by atoms with Gasteiger partial charge in [0.2, 0.25) is 0 Å². The summed E-state index contributed by atoms with van der Waals surface area (Å²) < 4.78 is 11.3. The van der Waals surface area contributed by atoms with E-state index < -0.39 is 0 Å². The van der Waals surface area contributed by atoms with E-state index in [2.05, 4.69) is 10.1 Å². The topological polar surface area (TPSA) is 87.2 Å². The molecule has 2 aromatic heterocycles. The van der Waals surface area contributed by atoms with Gasteiger partial charge in [0.1, 0.15) is 11.7 Å². The van der Waals surface area contributed by atoms with Crippen LogP contribution in [0.4, 0.5) is 0 Å². The van der Waals surface area contributed by atoms with Gasteiger partial charge in [0.15, 0.2) is 0 Å². The molecule has 0 saturated heterocycles. The first-order chi connectivity index (χ1) is 9.63. The van der Waals surface area contributed by atoms with E-state index >= 15 is 0 Å². The lowest BCUT2D eigenvalue weighted by Crippen LogP contribution is -2.20. The van der Waals surface area contributed by atoms with E-state index in [4.69, 9.17) is 9.26 Å². The van der Waals surface area contributed by atoms with Gasteiger partial charge in [-0.3, -0.25) is 14.2 Å². The number of hydrogen-bond acceptors (Lipinski definition) is 6. The molecule has 108 valence electrons. The Morgan fingerprint density at radius 2 is 2.25 bits per heavy atom. The molecule has 0 aliphatic carbocycles. The lowest BCUT2D eigenvalue weighted by Gasteiger charge is -2.04. The molecule has 0 aliphatic rings. The minimum atomic E-state index is -0.205. The molecule has 0 radical (unpaired) electrons. The van der Waals surface area contributed by atoms with E-state index in [9.17, 15) is 9.59 Å². The Kier molecular flexibility index (Phi) is 4.49. The van der Waals surface area contributed by atoms with Crippen molar-refractivity contribution in [3.8, 4) is 0 Å². The summed E-state index contributed by atoms with van der Waals surface area (Å²) in [7, 11) is 0. The van der Waals surface area contributed by atoms with Gasteiger partial charge < -0.3 is 9.26 Å². The maximum Gasteiger partial charge on any atom is 0.305 e. The van der Waals surface area contributed by atoms with Gasteiger partial charge in [-0.2, -0.15) is 0 Å². The van der Waals surface area contributed by atoms with Crippen molar-refractivity contribution in [2.75, 3.05) is 6.61 Å². The average Bonchev–Trinajstić information content (AvgIpc) is 2.79. The number of unbranched alkanes of at least 4 members (excludes halogenated alkanes) is 1. The molecular weight excluding hydrogens is 262 g/mol. The molecule has 0 amide bonds. The van der Waals surface area contributed by atoms with Crippen LogP contribution >= 0.6 is 0 Å². The quantitative estimate of drug-likeness (QED) is 0.587. The van der Waals surface area contributed by atoms with Gasteiger partial charge in [0.05, 0.1) is 12.3 Å². The van der Waals surface area contributed by atoms with Gasteiger partial charge in [-0.05, 0) is 26.7 Å². The highest BCUT2D eigenvalue weighted by atomic mass is 16.5. The summed E-state index contributed by atoms with van der Waals surface area (Å²) in [4.78, 5) is 27.4. The van der Waals surface area contributed by atoms with Crippen molar-refractivity contribution < 1.29 is 14.1 Å². The number of aromatic nitrogens is 3. The van der Waals surface area contributed by atoms with Crippen LogP contribution in [0.15, 0.2) is 15.6 Å². The molecule has 20 heavy (non-hydrogen) atoms. The highest BCUT2D eigenvalue weighted by Crippen LogP contribution is 2.10. The van der Waals surface area contributed by atoms with Crippen molar-refractivity contribution in [3.63, 3.8) is 0 Å². The molecule has 0 N–H and O–H groups in total. The fourth-order valence-electron chi connectivity index (χ4n) is 1.95. The maximum atomic E-state index is 12.2. The maximum absolute atomic E-state index is 12.2. The summed E-state index contributed by atoms with van der Waals surface area (Å²) >= 11 is 0. The van der Waals surface area contributed by atoms with E-state index in [1.165, 1.54) is 10.9 Å². The van der Waals surface area contributed by atoms with Gasteiger partial charge in [-0.1, -0.05) is 5.16 Å². The van der Waals surface area contributed by atoms with Crippen LogP contribution in [0.2, 0.25) is 0 Å². The third kappa shape index (κ3) is 3.04. The number of esters is 1. The van der Waals surface area contributed by atoms with Crippen molar-refractivity contribution in [1.82, 2.24) is 14.7 Å². The lowest BCUT2D eigenvalue weighted by molar-refractivity contribution is -0.143. The predicted molar refractivity (Wildman–Crippen MR) is 71.3 cm³/mol. The van der Waals surface area contributed by atoms with E-state index in [1.807, 2.05) is 0 Å². The van der Waals surface area contributed by atoms with Crippen LogP contribution in [-0.2, 0) is 16.1 Å². The third-order valence-electron chi connectivity index (χ3n) is 2.97. The predicted octanol–water partition coefficient (Wildman–Crippen LogP) is 1.43. The van der Waals surface area contributed by atoms with Crippen LogP contribution in [0, 0.1) is 6.92 Å². The van der Waals surface area contributed by atoms with Gasteiger partial charge in [0, 0.05) is 13.0 Å². The molecule has 2 rings (SSSR count). The third-order valence-corrected chi connectivity index (χ3v) is 2.97. The first-order valence-electron chi connectivity index (χ1n) is 6.60. The van der Waals surface area contributed by atoms with Crippen LogP contribution in [0.25, 0.3) is 11.1 Å². The van der Waals surface area contributed by atoms with E-state index in [0.29, 0.717) is 43.5 Å². The van der Waals surface area contributed by atoms with Crippen LogP contribution in [0.1, 0.15) is 31.9 Å². The molecule has 0 aromatic carbocycles. The minimum absolute atomic E-state index is 0.162. The smallest absolute Gasteiger partial charge is 0.305 e. The fourth-order valence-corrected chi connectivity index (χ4v) is 1.95. The first kappa shape index (κ1) is 14.2. The van der Waals surface area contributed by atoms with Crippen molar-refractivity contribution in [2.45, 2.75) is 39.7 Å². The van der Waals surface area contributed by atoms with Crippen molar-refractivity contribution in [1.29, 1.82) is 0 Å². The van der Waals surface area contributed by atoms with Crippen molar-refractivity contribution in [2.24, 2.45) is 0 Å². The van der Waals surface area contributed by atoms with Crippen molar-refractivity contribution in [3.05, 3.63) is 22.4 Å². The largest absolute Gasteiger partial charge is 0.466 e. The molecule has 0 bridgehead atoms. The van der Waals surface area contributed by atoms with Gasteiger partial charge in [-0.15, -0.1) is 0 Å². The normalized spacial score (nSPS) is 10.9. The number of carbonyl (C=O) groups excluding carboxylic acids is 1. The molecule has 0 atom stereocenters. The fraction of sp³-hybridized carbons (Fsp3) is 0.538. The Morgan fingerprint density at radius 1 is 1.45 bits per heavy atom. The first-order valence-corrected chi connectivity index (χ1v) is 6.60. The highest BCUT2D eigenvalue weighted by molar-refractivity contribution is 5.73. The number of ether oxygens (including phenoxy) is 1. The molecule has 2 heterocycles. The van der Waals surface area contributed by atoms with Gasteiger partial charge in [-0.25, -0.2) is 4.98 Å². The Morgan fingerprint density at radius 3 is 3.00 bits per heavy atom. The van der Waals surface area contributed by atoms with E-state index in [-0.39, 0.29) is 17.2 Å². The van der Waals surface area contributed by atoms with Crippen LogP contribution < -0.4 is 5.56 Å². The zero-order valence-corrected chi connectivity index (χ0v) is 11.6. The van der Waals surface area contributed by atoms with Crippen LogP contribution in [-0.4, -0.2) is 27.3 Å². The number of rotatable bonds is 6. The second kappa shape index (κ2) is 6.31. The lowest BCUT2D eigenvalue weighted by atomic mass is 10.2. The summed E-state index contributed by atoms with van der Waals surface area (Å²) in [5.74, 6) is -0.205. The number of nitrogens with zero attached hydrogens (tertiary/aromatic N) is 3. The second-order valence-electron chi connectivity index (χ2n) is 4.45. The Hall–Kier alpha value is -2.18. The number of hydrogen-bond donors (Lipinski definition) is 0. The second-order valence-corrected chi connectivity index (χ2v) is 4.45. The number of fused-ring (bicyclic) bond motifs is 1. The van der Waals surface area contributed by atoms with Gasteiger partial charge >= 0.3 is 5.97 Å². The molecule has 0 aliphatic heterocycles. The summed E-state index contributed by atoms with van der Waals surface area (Å²) in [6.45, 7) is 4.39. The monoisotopic (exact) mass is 279 g/mol. The highest BCUT2D eigenvalue weighted by Gasteiger charge is 2.11. The molecule has 0 saturated carbocycles. The molecule has 0 fully saturated rings. The SMILES string of the molecule is CCOC(=O)CCCCn1cnc2onc(C)c2c1=O. The summed E-state index contributed by atoms with van der Waals surface area (Å²) in [6.07, 6.45) is 3.19. The summed E-state index contributed by atoms with van der Waals surface area (Å²) in [6, 6.07) is 0. The zero-order chi connectivity index (χ0) is 14.5. The minimum Gasteiger partial charge on any atom is -0.466 e. The molecule has 2 aromatic rings. The molecular formula is C13H17N3O4. The summed E-state index contributed by atoms with van der Waals surface area (Å²) in [5.41, 5.74) is 0.638. The van der Waals surface area contributed by atoms with Crippen LogP contribution in [0.3, 0.4) is 0 Å². The number of carbonyl (C=O) groups is 1. The number of aryl methyl sites for hydroxylation is 2. The molecule has 7 nitrogen and oxygen atoms in total. The zero-order valence-electron chi connectivity index (χ0n) is 11.6.